The van der Waals surface area contributed by atoms with Gasteiger partial charge in [0.2, 0.25) is 0 Å². The minimum atomic E-state index is 0.134. The van der Waals surface area contributed by atoms with Gasteiger partial charge in [-0.25, -0.2) is 0 Å². The van der Waals surface area contributed by atoms with E-state index in [0.717, 1.165) is 8.95 Å². The molecule has 0 N–H and O–H groups in total. The molecule has 0 amide bonds. The van der Waals surface area contributed by atoms with Crippen LogP contribution in [0.4, 0.5) is 0 Å². The van der Waals surface area contributed by atoms with Gasteiger partial charge in [-0.1, -0.05) is 38.8 Å². The number of rotatable bonds is 3. The summed E-state index contributed by atoms with van der Waals surface area (Å²) in [6.07, 6.45) is 3.69. The van der Waals surface area contributed by atoms with E-state index in [9.17, 15) is 0 Å². The molecule has 2 rings (SSSR count). The van der Waals surface area contributed by atoms with Gasteiger partial charge in [0.05, 0.1) is 5.38 Å². The second kappa shape index (κ2) is 4.38. The third kappa shape index (κ3) is 2.27. The maximum absolute atomic E-state index is 6.59. The SMILES string of the molecule is CCC1(C(Cl)c2cc(Br)ccc2Br)CC1. The number of hydrogen-bond donors (Lipinski definition) is 0. The first-order valence-electron chi connectivity index (χ1n) is 5.18. The molecule has 0 spiro atoms. The van der Waals surface area contributed by atoms with E-state index in [1.807, 2.05) is 6.07 Å². The van der Waals surface area contributed by atoms with Crippen molar-refractivity contribution in [1.82, 2.24) is 0 Å². The third-order valence-corrected chi connectivity index (χ3v) is 5.28. The van der Waals surface area contributed by atoms with Crippen molar-refractivity contribution in [2.45, 2.75) is 31.6 Å². The topological polar surface area (TPSA) is 0 Å². The summed E-state index contributed by atoms with van der Waals surface area (Å²) in [5.74, 6) is 0. The average Bonchev–Trinajstić information content (AvgIpc) is 3.01. The number of halogens is 3. The summed E-state index contributed by atoms with van der Waals surface area (Å²) < 4.78 is 2.21. The van der Waals surface area contributed by atoms with Crippen LogP contribution in [-0.4, -0.2) is 0 Å². The highest BCUT2D eigenvalue weighted by Gasteiger charge is 2.47. The Morgan fingerprint density at radius 2 is 2.07 bits per heavy atom. The summed E-state index contributed by atoms with van der Waals surface area (Å²) >= 11 is 13.7. The van der Waals surface area contributed by atoms with Crippen molar-refractivity contribution in [2.75, 3.05) is 0 Å². The molecular formula is C12H13Br2Cl. The Morgan fingerprint density at radius 3 is 2.60 bits per heavy atom. The molecule has 1 fully saturated rings. The van der Waals surface area contributed by atoms with Gasteiger partial charge in [-0.3, -0.25) is 0 Å². The highest BCUT2D eigenvalue weighted by Crippen LogP contribution is 2.61. The standard InChI is InChI=1S/C12H13Br2Cl/c1-2-12(5-6-12)11(15)9-7-8(13)3-4-10(9)14/h3-4,7,11H,2,5-6H2,1H3. The van der Waals surface area contributed by atoms with E-state index in [-0.39, 0.29) is 5.38 Å². The van der Waals surface area contributed by atoms with Crippen LogP contribution >= 0.6 is 43.5 Å². The molecule has 1 aromatic rings. The van der Waals surface area contributed by atoms with Crippen molar-refractivity contribution in [3.63, 3.8) is 0 Å². The molecule has 1 aliphatic rings. The van der Waals surface area contributed by atoms with Crippen LogP contribution in [-0.2, 0) is 0 Å². The molecule has 1 aliphatic carbocycles. The van der Waals surface area contributed by atoms with E-state index in [1.165, 1.54) is 24.8 Å². The van der Waals surface area contributed by atoms with Crippen molar-refractivity contribution in [2.24, 2.45) is 5.41 Å². The molecule has 82 valence electrons. The maximum atomic E-state index is 6.59. The van der Waals surface area contributed by atoms with Crippen molar-refractivity contribution in [3.05, 3.63) is 32.7 Å². The van der Waals surface area contributed by atoms with Crippen molar-refractivity contribution in [3.8, 4) is 0 Å². The van der Waals surface area contributed by atoms with Crippen LogP contribution in [0.25, 0.3) is 0 Å². The minimum Gasteiger partial charge on any atom is -0.117 e. The molecule has 0 bridgehead atoms. The van der Waals surface area contributed by atoms with Gasteiger partial charge in [-0.15, -0.1) is 11.6 Å². The van der Waals surface area contributed by atoms with E-state index < -0.39 is 0 Å². The molecule has 1 atom stereocenters. The molecule has 0 aliphatic heterocycles. The van der Waals surface area contributed by atoms with Gasteiger partial charge in [0.15, 0.2) is 0 Å². The molecule has 3 heteroatoms. The zero-order valence-corrected chi connectivity index (χ0v) is 12.5. The van der Waals surface area contributed by atoms with Gasteiger partial charge in [-0.05, 0) is 48.4 Å². The largest absolute Gasteiger partial charge is 0.117 e. The summed E-state index contributed by atoms with van der Waals surface area (Å²) in [4.78, 5) is 0. The fourth-order valence-electron chi connectivity index (χ4n) is 1.99. The van der Waals surface area contributed by atoms with Crippen LogP contribution in [0, 0.1) is 5.41 Å². The van der Waals surface area contributed by atoms with E-state index in [1.54, 1.807) is 0 Å². The van der Waals surface area contributed by atoms with Crippen LogP contribution in [0.2, 0.25) is 0 Å². The van der Waals surface area contributed by atoms with Crippen LogP contribution in [0.3, 0.4) is 0 Å². The molecule has 0 nitrogen and oxygen atoms in total. The fraction of sp³-hybridized carbons (Fsp3) is 0.500. The molecule has 0 heterocycles. The average molecular weight is 352 g/mol. The molecule has 15 heavy (non-hydrogen) atoms. The Hall–Kier alpha value is 0.470. The van der Waals surface area contributed by atoms with Gasteiger partial charge in [0.25, 0.3) is 0 Å². The summed E-state index contributed by atoms with van der Waals surface area (Å²) in [5, 5.41) is 0.134. The third-order valence-electron chi connectivity index (χ3n) is 3.37. The molecular weight excluding hydrogens is 339 g/mol. The first-order valence-corrected chi connectivity index (χ1v) is 7.20. The minimum absolute atomic E-state index is 0.134. The van der Waals surface area contributed by atoms with Crippen molar-refractivity contribution >= 4 is 43.5 Å². The Balaban J connectivity index is 2.32. The highest BCUT2D eigenvalue weighted by atomic mass is 79.9. The van der Waals surface area contributed by atoms with Gasteiger partial charge in [0.1, 0.15) is 0 Å². The summed E-state index contributed by atoms with van der Waals surface area (Å²) in [5.41, 5.74) is 1.57. The van der Waals surface area contributed by atoms with Crippen LogP contribution < -0.4 is 0 Å². The lowest BCUT2D eigenvalue weighted by Crippen LogP contribution is -2.08. The Kier molecular flexibility index (Phi) is 3.49. The molecule has 0 radical (unpaired) electrons. The maximum Gasteiger partial charge on any atom is 0.0652 e. The molecule has 1 unspecified atom stereocenters. The predicted molar refractivity (Wildman–Crippen MR) is 72.4 cm³/mol. The quantitative estimate of drug-likeness (QED) is 0.614. The van der Waals surface area contributed by atoms with Crippen molar-refractivity contribution < 1.29 is 0 Å². The summed E-state index contributed by atoms with van der Waals surface area (Å²) in [6.45, 7) is 2.23. The Labute approximate surface area is 113 Å². The Morgan fingerprint density at radius 1 is 1.40 bits per heavy atom. The number of benzene rings is 1. The first-order chi connectivity index (χ1) is 7.09. The van der Waals surface area contributed by atoms with Gasteiger partial charge in [-0.2, -0.15) is 0 Å². The number of alkyl halides is 1. The van der Waals surface area contributed by atoms with Crippen LogP contribution in [0.1, 0.15) is 37.1 Å². The monoisotopic (exact) mass is 350 g/mol. The van der Waals surface area contributed by atoms with E-state index in [0.29, 0.717) is 5.41 Å². The van der Waals surface area contributed by atoms with Gasteiger partial charge in [0, 0.05) is 8.95 Å². The molecule has 1 saturated carbocycles. The summed E-state index contributed by atoms with van der Waals surface area (Å²) in [6, 6.07) is 6.21. The molecule has 0 saturated heterocycles. The molecule has 0 aromatic heterocycles. The second-order valence-electron chi connectivity index (χ2n) is 4.24. The van der Waals surface area contributed by atoms with E-state index >= 15 is 0 Å². The Bertz CT molecular complexity index is 372. The second-order valence-corrected chi connectivity index (χ2v) is 6.45. The van der Waals surface area contributed by atoms with Crippen LogP contribution in [0.5, 0.6) is 0 Å². The highest BCUT2D eigenvalue weighted by molar-refractivity contribution is 9.11. The van der Waals surface area contributed by atoms with E-state index in [4.69, 9.17) is 11.6 Å². The molecule has 1 aromatic carbocycles. The lowest BCUT2D eigenvalue weighted by molar-refractivity contribution is 0.471. The normalized spacial score (nSPS) is 20.0. The van der Waals surface area contributed by atoms with Crippen LogP contribution in [0.15, 0.2) is 27.1 Å². The van der Waals surface area contributed by atoms with E-state index in [2.05, 4.69) is 50.9 Å². The van der Waals surface area contributed by atoms with Gasteiger partial charge < -0.3 is 0 Å². The summed E-state index contributed by atoms with van der Waals surface area (Å²) in [7, 11) is 0. The zero-order valence-electron chi connectivity index (χ0n) is 8.56. The van der Waals surface area contributed by atoms with Gasteiger partial charge >= 0.3 is 0 Å². The van der Waals surface area contributed by atoms with Crippen molar-refractivity contribution in [1.29, 1.82) is 0 Å². The fourth-order valence-corrected chi connectivity index (χ4v) is 3.52. The number of hydrogen-bond acceptors (Lipinski definition) is 0. The first kappa shape index (κ1) is 11.9. The predicted octanol–water partition coefficient (Wildman–Crippen LogP) is 5.68. The smallest absolute Gasteiger partial charge is 0.0652 e. The lowest BCUT2D eigenvalue weighted by atomic mass is 9.93. The lowest BCUT2D eigenvalue weighted by Gasteiger charge is -2.21. The zero-order chi connectivity index (χ0) is 11.1.